The normalized spacial score (nSPS) is 36.9. The Labute approximate surface area is 104 Å². The zero-order chi connectivity index (χ0) is 12.7. The number of esters is 1. The summed E-state index contributed by atoms with van der Waals surface area (Å²) in [6.07, 6.45) is 4.08. The fourth-order valence-electron chi connectivity index (χ4n) is 3.03. The molecule has 2 rings (SSSR count). The first-order chi connectivity index (χ1) is 7.89. The molecule has 1 aliphatic heterocycles. The molecule has 1 aliphatic carbocycles. The number of carbonyl (C=O) groups is 1. The molecule has 2 aliphatic rings. The van der Waals surface area contributed by atoms with E-state index in [-0.39, 0.29) is 17.7 Å². The lowest BCUT2D eigenvalue weighted by Gasteiger charge is -2.36. The number of rotatable bonds is 2. The van der Waals surface area contributed by atoms with Crippen molar-refractivity contribution in [3.8, 4) is 0 Å². The molecule has 98 valence electrons. The van der Waals surface area contributed by atoms with Gasteiger partial charge in [-0.25, -0.2) is 4.79 Å². The molecule has 1 unspecified atom stereocenters. The Bertz CT molecular complexity index is 295. The fraction of sp³-hybridized carbons (Fsp3) is 0.929. The second-order valence-corrected chi connectivity index (χ2v) is 6.46. The lowest BCUT2D eigenvalue weighted by atomic mass is 9.69. The molecule has 1 saturated heterocycles. The average molecular weight is 240 g/mol. The summed E-state index contributed by atoms with van der Waals surface area (Å²) in [7, 11) is 0. The average Bonchev–Trinajstić information content (AvgIpc) is 2.92. The third kappa shape index (κ3) is 2.49. The third-order valence-corrected chi connectivity index (χ3v) is 4.33. The zero-order valence-corrected chi connectivity index (χ0v) is 11.4. The summed E-state index contributed by atoms with van der Waals surface area (Å²) in [6.45, 7) is 9.17. The van der Waals surface area contributed by atoms with Crippen molar-refractivity contribution in [2.45, 2.75) is 65.1 Å². The Morgan fingerprint density at radius 1 is 1.35 bits per heavy atom. The number of hydrogen-bond donors (Lipinski definition) is 0. The molecule has 0 radical (unpaired) electrons. The van der Waals surface area contributed by atoms with E-state index < -0.39 is 0 Å². The summed E-state index contributed by atoms with van der Waals surface area (Å²) in [4.78, 5) is 11.6. The van der Waals surface area contributed by atoms with Crippen LogP contribution in [0.1, 0.15) is 53.4 Å². The molecule has 0 aromatic heterocycles. The van der Waals surface area contributed by atoms with E-state index in [4.69, 9.17) is 9.47 Å². The lowest BCUT2D eigenvalue weighted by Crippen LogP contribution is -2.32. The summed E-state index contributed by atoms with van der Waals surface area (Å²) in [5.41, 5.74) is 0.212. The van der Waals surface area contributed by atoms with Crippen LogP contribution in [0.2, 0.25) is 0 Å². The molecule has 0 N–H and O–H groups in total. The molecule has 17 heavy (non-hydrogen) atoms. The number of epoxide rings is 1. The number of carbonyl (C=O) groups excluding carboxylic acids is 1. The van der Waals surface area contributed by atoms with Crippen molar-refractivity contribution < 1.29 is 14.3 Å². The van der Waals surface area contributed by atoms with Crippen molar-refractivity contribution in [3.63, 3.8) is 0 Å². The molecule has 0 bridgehead atoms. The van der Waals surface area contributed by atoms with Gasteiger partial charge in [0.2, 0.25) is 0 Å². The van der Waals surface area contributed by atoms with E-state index in [0.717, 1.165) is 18.8 Å². The molecular weight excluding hydrogens is 216 g/mol. The van der Waals surface area contributed by atoms with Gasteiger partial charge in [-0.3, -0.25) is 0 Å². The highest BCUT2D eigenvalue weighted by atomic mass is 16.7. The quantitative estimate of drug-likeness (QED) is 0.550. The van der Waals surface area contributed by atoms with Crippen molar-refractivity contribution in [1.82, 2.24) is 0 Å². The van der Waals surface area contributed by atoms with Gasteiger partial charge in [0.25, 0.3) is 0 Å². The van der Waals surface area contributed by atoms with Gasteiger partial charge in [0.05, 0.1) is 6.61 Å². The Morgan fingerprint density at radius 3 is 2.41 bits per heavy atom. The van der Waals surface area contributed by atoms with Crippen LogP contribution >= 0.6 is 0 Å². The highest BCUT2D eigenvalue weighted by Crippen LogP contribution is 2.52. The van der Waals surface area contributed by atoms with Gasteiger partial charge >= 0.3 is 5.97 Å². The van der Waals surface area contributed by atoms with Crippen LogP contribution in [0.5, 0.6) is 0 Å². The maximum absolute atomic E-state index is 11.6. The maximum Gasteiger partial charge on any atom is 0.338 e. The van der Waals surface area contributed by atoms with Crippen molar-refractivity contribution in [2.24, 2.45) is 11.3 Å². The van der Waals surface area contributed by atoms with E-state index in [0.29, 0.717) is 12.0 Å². The smallest absolute Gasteiger partial charge is 0.338 e. The SMILES string of the molecule is CCOC(=O)C1OC12CCC(C(C)(C)C)CC2. The molecule has 1 atom stereocenters. The Hall–Kier alpha value is -0.570. The largest absolute Gasteiger partial charge is 0.464 e. The van der Waals surface area contributed by atoms with E-state index >= 15 is 0 Å². The summed E-state index contributed by atoms with van der Waals surface area (Å²) >= 11 is 0. The van der Waals surface area contributed by atoms with Crippen molar-refractivity contribution in [2.75, 3.05) is 6.61 Å². The van der Waals surface area contributed by atoms with Gasteiger partial charge in [0.1, 0.15) is 5.60 Å². The maximum atomic E-state index is 11.6. The molecule has 1 heterocycles. The lowest BCUT2D eigenvalue weighted by molar-refractivity contribution is -0.144. The van der Waals surface area contributed by atoms with Crippen LogP contribution in [0.15, 0.2) is 0 Å². The Kier molecular flexibility index (Phi) is 3.23. The fourth-order valence-corrected chi connectivity index (χ4v) is 3.03. The first-order valence-corrected chi connectivity index (χ1v) is 6.73. The topological polar surface area (TPSA) is 38.8 Å². The summed E-state index contributed by atoms with van der Waals surface area (Å²) in [6, 6.07) is 0. The highest BCUT2D eigenvalue weighted by molar-refractivity contribution is 5.79. The van der Waals surface area contributed by atoms with Crippen LogP contribution in [0.25, 0.3) is 0 Å². The predicted octanol–water partition coefficient (Wildman–Crippen LogP) is 2.92. The van der Waals surface area contributed by atoms with Crippen LogP contribution in [-0.4, -0.2) is 24.3 Å². The molecular formula is C14H24O3. The first-order valence-electron chi connectivity index (χ1n) is 6.73. The molecule has 0 amide bonds. The van der Waals surface area contributed by atoms with E-state index in [9.17, 15) is 4.79 Å². The minimum atomic E-state index is -0.275. The highest BCUT2D eigenvalue weighted by Gasteiger charge is 2.62. The Morgan fingerprint density at radius 2 is 1.94 bits per heavy atom. The van der Waals surface area contributed by atoms with Crippen LogP contribution in [0, 0.1) is 11.3 Å². The van der Waals surface area contributed by atoms with Crippen molar-refractivity contribution >= 4 is 5.97 Å². The molecule has 0 aromatic carbocycles. The third-order valence-electron chi connectivity index (χ3n) is 4.33. The van der Waals surface area contributed by atoms with E-state index in [1.54, 1.807) is 0 Å². The van der Waals surface area contributed by atoms with Crippen LogP contribution in [0.4, 0.5) is 0 Å². The molecule has 3 nitrogen and oxygen atoms in total. The molecule has 1 spiro atoms. The van der Waals surface area contributed by atoms with Crippen LogP contribution in [0.3, 0.4) is 0 Å². The van der Waals surface area contributed by atoms with Gasteiger partial charge in [-0.1, -0.05) is 20.8 Å². The van der Waals surface area contributed by atoms with E-state index in [1.165, 1.54) is 12.8 Å². The standard InChI is InChI=1S/C14H24O3/c1-5-16-12(15)11-14(17-11)8-6-10(7-9-14)13(2,3)4/h10-11H,5-9H2,1-4H3. The van der Waals surface area contributed by atoms with Crippen molar-refractivity contribution in [3.05, 3.63) is 0 Å². The van der Waals surface area contributed by atoms with Gasteiger partial charge in [-0.2, -0.15) is 0 Å². The van der Waals surface area contributed by atoms with E-state index in [1.807, 2.05) is 6.92 Å². The predicted molar refractivity (Wildman–Crippen MR) is 65.7 cm³/mol. The van der Waals surface area contributed by atoms with Crippen LogP contribution in [-0.2, 0) is 14.3 Å². The number of hydrogen-bond acceptors (Lipinski definition) is 3. The minimum Gasteiger partial charge on any atom is -0.464 e. The minimum absolute atomic E-state index is 0.159. The van der Waals surface area contributed by atoms with E-state index in [2.05, 4.69) is 20.8 Å². The zero-order valence-electron chi connectivity index (χ0n) is 11.4. The van der Waals surface area contributed by atoms with Gasteiger partial charge in [-0.05, 0) is 43.9 Å². The van der Waals surface area contributed by atoms with Gasteiger partial charge < -0.3 is 9.47 Å². The van der Waals surface area contributed by atoms with Gasteiger partial charge in [-0.15, -0.1) is 0 Å². The second kappa shape index (κ2) is 4.27. The second-order valence-electron chi connectivity index (χ2n) is 6.46. The Balaban J connectivity index is 1.87. The summed E-state index contributed by atoms with van der Waals surface area (Å²) < 4.78 is 10.7. The monoisotopic (exact) mass is 240 g/mol. The van der Waals surface area contributed by atoms with Crippen molar-refractivity contribution in [1.29, 1.82) is 0 Å². The number of ether oxygens (including phenoxy) is 2. The molecule has 3 heteroatoms. The van der Waals surface area contributed by atoms with Gasteiger partial charge in [0, 0.05) is 0 Å². The molecule has 2 fully saturated rings. The molecule has 0 aromatic rings. The van der Waals surface area contributed by atoms with Gasteiger partial charge in [0.15, 0.2) is 6.10 Å². The first kappa shape index (κ1) is 12.9. The molecule has 1 saturated carbocycles. The summed E-state index contributed by atoms with van der Waals surface area (Å²) in [5.74, 6) is 0.585. The van der Waals surface area contributed by atoms with Crippen LogP contribution < -0.4 is 0 Å². The summed E-state index contributed by atoms with van der Waals surface area (Å²) in [5, 5.41) is 0.